The zero-order valence-corrected chi connectivity index (χ0v) is 21.1. The molecule has 11 heteroatoms. The third-order valence-electron chi connectivity index (χ3n) is 5.02. The summed E-state index contributed by atoms with van der Waals surface area (Å²) in [6.45, 7) is 0.961. The summed E-state index contributed by atoms with van der Waals surface area (Å²) in [6, 6.07) is 17.1. The van der Waals surface area contributed by atoms with E-state index in [1.165, 1.54) is 18.2 Å². The van der Waals surface area contributed by atoms with Gasteiger partial charge in [0.1, 0.15) is 0 Å². The molecule has 0 saturated heterocycles. The van der Waals surface area contributed by atoms with Crippen LogP contribution in [0.5, 0.6) is 0 Å². The first-order valence-corrected chi connectivity index (χ1v) is 12.7. The maximum atomic E-state index is 13.2. The smallest absolute Gasteiger partial charge is 0.379 e. The van der Waals surface area contributed by atoms with Gasteiger partial charge < -0.3 is 10.4 Å². The van der Waals surface area contributed by atoms with Gasteiger partial charge in [0.2, 0.25) is 0 Å². The van der Waals surface area contributed by atoms with Crippen LogP contribution in [0.15, 0.2) is 71.6 Å². The lowest BCUT2D eigenvalue weighted by atomic mass is 10.1. The molecule has 0 aliphatic heterocycles. The fourth-order valence-electron chi connectivity index (χ4n) is 3.37. The zero-order chi connectivity index (χ0) is 26.0. The molecule has 0 aromatic heterocycles. The number of nitrogens with zero attached hydrogens (tertiary/aromatic N) is 1. The monoisotopic (exact) mass is 614 g/mol. The Balaban J connectivity index is 1.90. The average Bonchev–Trinajstić information content (AvgIpc) is 2.78. The van der Waals surface area contributed by atoms with E-state index in [2.05, 4.69) is 27.9 Å². The van der Waals surface area contributed by atoms with Crippen molar-refractivity contribution >= 4 is 44.0 Å². The Labute approximate surface area is 213 Å². The quantitative estimate of drug-likeness (QED) is 0.380. The second-order valence-corrected chi connectivity index (χ2v) is 11.1. The molecule has 0 heterocycles. The maximum Gasteiger partial charge on any atom is 0.417 e. The molecule has 0 fully saturated rings. The molecular formula is C24H18F3IN2O4S. The fraction of sp³-hybridized carbons (Fsp3) is 0.167. The van der Waals surface area contributed by atoms with Crippen LogP contribution in [0.4, 0.5) is 18.9 Å². The number of rotatable bonds is 6. The Hall–Kier alpha value is -2.95. The predicted octanol–water partition coefficient (Wildman–Crippen LogP) is 5.01. The normalized spacial score (nSPS) is 13.5. The van der Waals surface area contributed by atoms with Crippen molar-refractivity contribution in [1.82, 2.24) is 0 Å². The first kappa shape index (κ1) is 26.7. The van der Waals surface area contributed by atoms with Crippen LogP contribution in [-0.2, 0) is 20.8 Å². The van der Waals surface area contributed by atoms with Crippen molar-refractivity contribution in [2.24, 2.45) is 0 Å². The molecule has 0 aliphatic carbocycles. The van der Waals surface area contributed by atoms with Crippen LogP contribution in [0.25, 0.3) is 11.1 Å². The Bertz CT molecular complexity index is 1430. The molecule has 0 aliphatic rings. The minimum absolute atomic E-state index is 0.104. The minimum Gasteiger partial charge on any atom is -0.379 e. The number of aliphatic hydroxyl groups is 1. The molecular weight excluding hydrogens is 596 g/mol. The number of amides is 1. The van der Waals surface area contributed by atoms with Gasteiger partial charge in [0.05, 0.1) is 27.8 Å². The highest BCUT2D eigenvalue weighted by Gasteiger charge is 2.38. The average molecular weight is 614 g/mol. The Kier molecular flexibility index (Phi) is 7.59. The first-order chi connectivity index (χ1) is 16.2. The number of nitrogens with one attached hydrogen (secondary N) is 1. The van der Waals surface area contributed by atoms with Crippen molar-refractivity contribution in [3.63, 3.8) is 0 Å². The van der Waals surface area contributed by atoms with Gasteiger partial charge in [0.25, 0.3) is 5.91 Å². The summed E-state index contributed by atoms with van der Waals surface area (Å²) >= 11 is 2.09. The highest BCUT2D eigenvalue weighted by Crippen LogP contribution is 2.34. The largest absolute Gasteiger partial charge is 0.417 e. The molecule has 35 heavy (non-hydrogen) atoms. The van der Waals surface area contributed by atoms with Gasteiger partial charge in [0.15, 0.2) is 15.4 Å². The molecule has 0 spiro atoms. The fourth-order valence-corrected chi connectivity index (χ4v) is 5.74. The van der Waals surface area contributed by atoms with Gasteiger partial charge in [-0.25, -0.2) is 8.42 Å². The Morgan fingerprint density at radius 1 is 1.09 bits per heavy atom. The topological polar surface area (TPSA) is 107 Å². The highest BCUT2D eigenvalue weighted by molar-refractivity contribution is 14.1. The van der Waals surface area contributed by atoms with E-state index in [0.29, 0.717) is 17.2 Å². The lowest BCUT2D eigenvalue weighted by Gasteiger charge is -2.23. The van der Waals surface area contributed by atoms with E-state index in [0.717, 1.165) is 22.6 Å². The van der Waals surface area contributed by atoms with Crippen molar-refractivity contribution < 1.29 is 31.5 Å². The van der Waals surface area contributed by atoms with Gasteiger partial charge >= 0.3 is 6.18 Å². The van der Waals surface area contributed by atoms with Crippen LogP contribution < -0.4 is 5.32 Å². The van der Waals surface area contributed by atoms with E-state index in [4.69, 9.17) is 5.26 Å². The van der Waals surface area contributed by atoms with Crippen molar-refractivity contribution in [2.75, 3.05) is 11.1 Å². The number of anilines is 1. The summed E-state index contributed by atoms with van der Waals surface area (Å²) in [5, 5.41) is 21.7. The molecule has 0 radical (unpaired) electrons. The van der Waals surface area contributed by atoms with Gasteiger partial charge in [-0.2, -0.15) is 18.4 Å². The van der Waals surface area contributed by atoms with Crippen molar-refractivity contribution in [3.05, 3.63) is 81.4 Å². The SMILES string of the molecule is CC(O)(CS(=O)(=O)c1ccccc1-c1cccc(I)c1)C(=O)Nc1ccc(C#N)c(C(F)(F)F)c1. The maximum absolute atomic E-state index is 13.2. The number of halogens is 4. The molecule has 6 nitrogen and oxygen atoms in total. The molecule has 1 unspecified atom stereocenters. The number of benzene rings is 3. The van der Waals surface area contributed by atoms with Gasteiger partial charge in [-0.15, -0.1) is 0 Å². The summed E-state index contributed by atoms with van der Waals surface area (Å²) in [7, 11) is -4.23. The lowest BCUT2D eigenvalue weighted by Crippen LogP contribution is -2.45. The third kappa shape index (κ3) is 6.19. The van der Waals surface area contributed by atoms with Gasteiger partial charge in [-0.1, -0.05) is 30.3 Å². The number of hydrogen-bond donors (Lipinski definition) is 2. The number of alkyl halides is 3. The Morgan fingerprint density at radius 2 is 1.77 bits per heavy atom. The molecule has 3 rings (SSSR count). The van der Waals surface area contributed by atoms with E-state index in [-0.39, 0.29) is 10.6 Å². The minimum atomic E-state index is -4.85. The van der Waals surface area contributed by atoms with E-state index in [1.807, 2.05) is 6.07 Å². The number of nitriles is 1. The van der Waals surface area contributed by atoms with Gasteiger partial charge in [-0.05, 0) is 71.5 Å². The van der Waals surface area contributed by atoms with Crippen LogP contribution >= 0.6 is 22.6 Å². The molecule has 1 amide bonds. The van der Waals surface area contributed by atoms with Crippen LogP contribution in [0.3, 0.4) is 0 Å². The third-order valence-corrected chi connectivity index (χ3v) is 7.66. The number of sulfone groups is 1. The van der Waals surface area contributed by atoms with Crippen molar-refractivity contribution in [1.29, 1.82) is 5.26 Å². The second kappa shape index (κ2) is 9.96. The van der Waals surface area contributed by atoms with Gasteiger partial charge in [-0.3, -0.25) is 4.79 Å². The molecule has 3 aromatic carbocycles. The molecule has 182 valence electrons. The van der Waals surface area contributed by atoms with E-state index in [1.54, 1.807) is 30.3 Å². The van der Waals surface area contributed by atoms with Gasteiger partial charge in [0, 0.05) is 14.8 Å². The molecule has 1 atom stereocenters. The summed E-state index contributed by atoms with van der Waals surface area (Å²) < 4.78 is 66.9. The highest BCUT2D eigenvalue weighted by atomic mass is 127. The van der Waals surface area contributed by atoms with Crippen LogP contribution in [0.1, 0.15) is 18.1 Å². The van der Waals surface area contributed by atoms with Crippen molar-refractivity contribution in [3.8, 4) is 17.2 Å². The molecule has 0 saturated carbocycles. The summed E-state index contributed by atoms with van der Waals surface area (Å²) in [4.78, 5) is 12.6. The summed E-state index contributed by atoms with van der Waals surface area (Å²) in [5.74, 6) is -2.24. The van der Waals surface area contributed by atoms with Crippen LogP contribution in [0, 0.1) is 14.9 Å². The first-order valence-electron chi connectivity index (χ1n) is 9.97. The van der Waals surface area contributed by atoms with E-state index in [9.17, 15) is 31.5 Å². The number of hydrogen-bond acceptors (Lipinski definition) is 5. The van der Waals surface area contributed by atoms with Crippen molar-refractivity contribution in [2.45, 2.75) is 23.6 Å². The standard InChI is InChI=1S/C24H18F3IN2O4S/c1-23(32,22(31)30-18-10-9-16(13-29)20(12-18)24(25,26)27)14-35(33,34)21-8-3-2-7-19(21)15-5-4-6-17(28)11-15/h2-12,32H,14H2,1H3,(H,30,31). The van der Waals surface area contributed by atoms with E-state index < -0.39 is 44.4 Å². The molecule has 0 bridgehead atoms. The molecule has 3 aromatic rings. The number of carbonyl (C=O) groups excluding carboxylic acids is 1. The summed E-state index contributed by atoms with van der Waals surface area (Å²) in [5.41, 5.74) is -3.74. The van der Waals surface area contributed by atoms with Crippen LogP contribution in [-0.4, -0.2) is 30.8 Å². The Morgan fingerprint density at radius 3 is 2.40 bits per heavy atom. The second-order valence-electron chi connectivity index (χ2n) is 7.86. The molecule has 2 N–H and O–H groups in total. The number of carbonyl (C=O) groups is 1. The van der Waals surface area contributed by atoms with E-state index >= 15 is 0 Å². The zero-order valence-electron chi connectivity index (χ0n) is 18.1. The summed E-state index contributed by atoms with van der Waals surface area (Å²) in [6.07, 6.45) is -4.85. The lowest BCUT2D eigenvalue weighted by molar-refractivity contribution is -0.137. The van der Waals surface area contributed by atoms with Crippen LogP contribution in [0.2, 0.25) is 0 Å². The predicted molar refractivity (Wildman–Crippen MR) is 132 cm³/mol.